The van der Waals surface area contributed by atoms with E-state index in [-0.39, 0.29) is 53.8 Å². The summed E-state index contributed by atoms with van der Waals surface area (Å²) in [7, 11) is 1.70. The number of hydrogen-bond acceptors (Lipinski definition) is 7. The summed E-state index contributed by atoms with van der Waals surface area (Å²) in [6.07, 6.45) is 4.55. The van der Waals surface area contributed by atoms with Crippen LogP contribution in [0.4, 0.5) is 0 Å². The number of aromatic hydroxyl groups is 1. The van der Waals surface area contributed by atoms with Crippen LogP contribution in [-0.4, -0.2) is 97.5 Å². The molecule has 218 valence electrons. The highest BCUT2D eigenvalue weighted by Gasteiger charge is 2.22. The lowest BCUT2D eigenvalue weighted by atomic mass is 9.94. The van der Waals surface area contributed by atoms with Crippen molar-refractivity contribution in [3.05, 3.63) is 23.8 Å². The Hall–Kier alpha value is -3.05. The number of phenolic OH excluding ortho intramolecular Hbond substituents is 1. The summed E-state index contributed by atoms with van der Waals surface area (Å²) in [4.78, 5) is 54.3. The van der Waals surface area contributed by atoms with Crippen molar-refractivity contribution in [2.75, 3.05) is 52.9 Å². The Morgan fingerprint density at radius 3 is 2.46 bits per heavy atom. The molecule has 3 rings (SSSR count). The first-order valence-electron chi connectivity index (χ1n) is 13.5. The topological polar surface area (TPSA) is 140 Å². The normalized spacial score (nSPS) is 21.2. The third kappa shape index (κ3) is 10.6. The zero-order valence-corrected chi connectivity index (χ0v) is 23.7. The average Bonchev–Trinajstić information content (AvgIpc) is 2.89. The number of benzene rings is 1. The number of halogens is 1. The molecule has 1 atom stereocenters. The van der Waals surface area contributed by atoms with E-state index in [2.05, 4.69) is 16.0 Å². The number of fused-ring (bicyclic) bond motifs is 2. The van der Waals surface area contributed by atoms with Crippen molar-refractivity contribution in [2.45, 2.75) is 51.5 Å². The summed E-state index contributed by atoms with van der Waals surface area (Å²) >= 11 is 0. The van der Waals surface area contributed by atoms with E-state index < -0.39 is 11.9 Å². The van der Waals surface area contributed by atoms with Gasteiger partial charge in [0.1, 0.15) is 17.5 Å². The highest BCUT2D eigenvalue weighted by Crippen LogP contribution is 2.22. The summed E-state index contributed by atoms with van der Waals surface area (Å²) in [5, 5.41) is 18.8. The van der Waals surface area contributed by atoms with Gasteiger partial charge in [-0.1, -0.05) is 0 Å². The van der Waals surface area contributed by atoms with E-state index in [1.165, 1.54) is 18.2 Å². The Kier molecular flexibility index (Phi) is 13.3. The summed E-state index contributed by atoms with van der Waals surface area (Å²) in [6, 6.07) is 3.33. The molecule has 4 amide bonds. The summed E-state index contributed by atoms with van der Waals surface area (Å²) in [5.74, 6) is -0.609. The van der Waals surface area contributed by atoms with Crippen LogP contribution in [0.2, 0.25) is 0 Å². The van der Waals surface area contributed by atoms with Gasteiger partial charge in [0.2, 0.25) is 11.8 Å². The highest BCUT2D eigenvalue weighted by atomic mass is 35.5. The number of likely N-dealkylation sites (N-methyl/N-ethyl adjacent to an activating group) is 1. The number of carbonyl (C=O) groups excluding carboxylic acids is 4. The van der Waals surface area contributed by atoms with Crippen molar-refractivity contribution in [2.24, 2.45) is 5.92 Å². The molecule has 2 aliphatic heterocycles. The number of nitrogens with zero attached hydrogens (tertiary/aromatic N) is 2. The molecule has 1 saturated heterocycles. The van der Waals surface area contributed by atoms with E-state index >= 15 is 0 Å². The van der Waals surface area contributed by atoms with Crippen LogP contribution < -0.4 is 20.7 Å². The van der Waals surface area contributed by atoms with Crippen LogP contribution >= 0.6 is 12.4 Å². The minimum Gasteiger partial charge on any atom is -0.508 e. The lowest BCUT2D eigenvalue weighted by Gasteiger charge is -2.28. The summed E-state index contributed by atoms with van der Waals surface area (Å²) in [5.41, 5.74) is 0.193. The van der Waals surface area contributed by atoms with Gasteiger partial charge in [0.15, 0.2) is 6.61 Å². The number of ether oxygens (including phenoxy) is 1. The third-order valence-electron chi connectivity index (χ3n) is 6.98. The molecular formula is C27H42ClN5O6. The average molecular weight is 568 g/mol. The van der Waals surface area contributed by atoms with E-state index in [0.29, 0.717) is 44.9 Å². The van der Waals surface area contributed by atoms with Crippen molar-refractivity contribution in [3.63, 3.8) is 0 Å². The molecule has 0 unspecified atom stereocenters. The van der Waals surface area contributed by atoms with Crippen LogP contribution in [0, 0.1) is 5.92 Å². The zero-order valence-electron chi connectivity index (χ0n) is 22.9. The van der Waals surface area contributed by atoms with Gasteiger partial charge in [-0.15, -0.1) is 12.4 Å². The Morgan fingerprint density at radius 1 is 1.03 bits per heavy atom. The van der Waals surface area contributed by atoms with Gasteiger partial charge < -0.3 is 35.6 Å². The van der Waals surface area contributed by atoms with Gasteiger partial charge in [0.05, 0.1) is 0 Å². The van der Waals surface area contributed by atoms with Gasteiger partial charge in [-0.25, -0.2) is 0 Å². The molecule has 0 radical (unpaired) electrons. The van der Waals surface area contributed by atoms with Gasteiger partial charge in [0, 0.05) is 51.3 Å². The van der Waals surface area contributed by atoms with Crippen LogP contribution in [0.25, 0.3) is 0 Å². The number of rotatable bonds is 2. The summed E-state index contributed by atoms with van der Waals surface area (Å²) < 4.78 is 5.46. The van der Waals surface area contributed by atoms with Gasteiger partial charge in [0.25, 0.3) is 11.8 Å². The highest BCUT2D eigenvalue weighted by molar-refractivity contribution is 5.95. The lowest BCUT2D eigenvalue weighted by molar-refractivity contribution is -0.135. The number of phenols is 1. The fraction of sp³-hybridized carbons (Fsp3) is 0.630. The monoisotopic (exact) mass is 567 g/mol. The first-order valence-corrected chi connectivity index (χ1v) is 13.5. The van der Waals surface area contributed by atoms with E-state index in [1.807, 2.05) is 4.90 Å². The van der Waals surface area contributed by atoms with Gasteiger partial charge in [-0.3, -0.25) is 19.2 Å². The second-order valence-corrected chi connectivity index (χ2v) is 10.1. The van der Waals surface area contributed by atoms with Gasteiger partial charge >= 0.3 is 0 Å². The molecular weight excluding hydrogens is 526 g/mol. The fourth-order valence-electron chi connectivity index (χ4n) is 4.78. The first-order chi connectivity index (χ1) is 18.2. The Bertz CT molecular complexity index is 987. The molecule has 2 heterocycles. The maximum atomic E-state index is 13.1. The van der Waals surface area contributed by atoms with E-state index in [0.717, 1.165) is 38.8 Å². The minimum absolute atomic E-state index is 0. The van der Waals surface area contributed by atoms with Crippen LogP contribution in [0.5, 0.6) is 11.5 Å². The smallest absolute Gasteiger partial charge is 0.258 e. The maximum Gasteiger partial charge on any atom is 0.258 e. The molecule has 0 aromatic heterocycles. The lowest BCUT2D eigenvalue weighted by Crippen LogP contribution is -2.47. The molecule has 1 aromatic carbocycles. The minimum atomic E-state index is -0.740. The van der Waals surface area contributed by atoms with Crippen molar-refractivity contribution in [1.82, 2.24) is 25.8 Å². The zero-order chi connectivity index (χ0) is 27.5. The standard InChI is InChI=1S/C27H41N5O6.ClH/c1-19-27(37)31(2)11-3-4-12-32(25(35)14-20-6-9-28-10-7-20)13-5-8-29-26(36)21-15-22(33)17-23(16-21)38-18-24(34)30-19;/h15-17,19-20,28,33H,3-14,18H2,1-2H3,(H,29,36)(H,30,34);1H/t19-;/m0./s1. The van der Waals surface area contributed by atoms with Gasteiger partial charge in [-0.05, 0) is 70.2 Å². The van der Waals surface area contributed by atoms with Crippen LogP contribution in [0.1, 0.15) is 55.8 Å². The van der Waals surface area contributed by atoms with E-state index in [1.54, 1.807) is 18.9 Å². The van der Waals surface area contributed by atoms with Crippen LogP contribution in [-0.2, 0) is 14.4 Å². The van der Waals surface area contributed by atoms with Crippen molar-refractivity contribution in [1.29, 1.82) is 0 Å². The SMILES string of the molecule is C[C@@H]1NC(=O)COc2cc(O)cc(c2)C(=O)NCCCN(C(=O)CC2CCNCC2)CCCCN(C)C1=O.Cl. The number of piperidine rings is 1. The van der Waals surface area contributed by atoms with Crippen LogP contribution in [0.15, 0.2) is 18.2 Å². The molecule has 1 fully saturated rings. The van der Waals surface area contributed by atoms with Gasteiger partial charge in [-0.2, -0.15) is 0 Å². The molecule has 39 heavy (non-hydrogen) atoms. The van der Waals surface area contributed by atoms with Crippen LogP contribution in [0.3, 0.4) is 0 Å². The predicted molar refractivity (Wildman–Crippen MR) is 149 cm³/mol. The maximum absolute atomic E-state index is 13.1. The molecule has 0 spiro atoms. The molecule has 0 aliphatic carbocycles. The fourth-order valence-corrected chi connectivity index (χ4v) is 4.78. The first kappa shape index (κ1) is 32.2. The largest absolute Gasteiger partial charge is 0.508 e. The molecule has 0 saturated carbocycles. The Labute approximate surface area is 236 Å². The van der Waals surface area contributed by atoms with Crippen molar-refractivity contribution >= 4 is 36.0 Å². The summed E-state index contributed by atoms with van der Waals surface area (Å²) in [6.45, 7) is 5.09. The van der Waals surface area contributed by atoms with E-state index in [4.69, 9.17) is 4.74 Å². The molecule has 2 aliphatic rings. The number of nitrogens with one attached hydrogen (secondary N) is 3. The molecule has 12 heteroatoms. The number of carbonyl (C=O) groups is 4. The number of hydrogen-bond donors (Lipinski definition) is 4. The molecule has 2 bridgehead atoms. The Morgan fingerprint density at radius 2 is 1.72 bits per heavy atom. The second kappa shape index (κ2) is 16.1. The van der Waals surface area contributed by atoms with Crippen molar-refractivity contribution < 1.29 is 29.0 Å². The predicted octanol–water partition coefficient (Wildman–Crippen LogP) is 1.29. The third-order valence-corrected chi connectivity index (χ3v) is 6.98. The molecule has 4 N–H and O–H groups in total. The molecule has 1 aromatic rings. The number of amides is 4. The van der Waals surface area contributed by atoms with E-state index in [9.17, 15) is 24.3 Å². The van der Waals surface area contributed by atoms with Crippen molar-refractivity contribution in [3.8, 4) is 11.5 Å². The quantitative estimate of drug-likeness (QED) is 0.422. The molecule has 11 nitrogen and oxygen atoms in total. The second-order valence-electron chi connectivity index (χ2n) is 10.1. The Balaban J connectivity index is 0.00000533.